The lowest BCUT2D eigenvalue weighted by Gasteiger charge is -2.39. The van der Waals surface area contributed by atoms with Gasteiger partial charge in [0.1, 0.15) is 0 Å². The zero-order valence-corrected chi connectivity index (χ0v) is 12.2. The zero-order chi connectivity index (χ0) is 13.5. The van der Waals surface area contributed by atoms with Gasteiger partial charge in [-0.05, 0) is 64.5 Å². The molecule has 3 atom stereocenters. The molecule has 3 aliphatic rings. The molecule has 0 radical (unpaired) electrons. The van der Waals surface area contributed by atoms with Crippen molar-refractivity contribution in [3.8, 4) is 0 Å². The van der Waals surface area contributed by atoms with Crippen LogP contribution < -0.4 is 10.7 Å². The molecular formula is C15H27N3O. The van der Waals surface area contributed by atoms with E-state index in [9.17, 15) is 4.79 Å². The Morgan fingerprint density at radius 1 is 1.21 bits per heavy atom. The van der Waals surface area contributed by atoms with Crippen molar-refractivity contribution >= 4 is 5.91 Å². The van der Waals surface area contributed by atoms with Crippen LogP contribution >= 0.6 is 0 Å². The molecule has 108 valence electrons. The molecule has 3 fully saturated rings. The van der Waals surface area contributed by atoms with Gasteiger partial charge in [0, 0.05) is 18.0 Å². The maximum atomic E-state index is 12.5. The summed E-state index contributed by atoms with van der Waals surface area (Å²) in [6, 6.07) is 0.964. The van der Waals surface area contributed by atoms with Gasteiger partial charge in [-0.2, -0.15) is 0 Å². The van der Waals surface area contributed by atoms with Gasteiger partial charge < -0.3 is 5.32 Å². The van der Waals surface area contributed by atoms with Gasteiger partial charge in [-0.1, -0.05) is 6.42 Å². The molecule has 2 N–H and O–H groups in total. The van der Waals surface area contributed by atoms with E-state index < -0.39 is 0 Å². The summed E-state index contributed by atoms with van der Waals surface area (Å²) in [5.74, 6) is 0.554. The van der Waals surface area contributed by atoms with E-state index in [0.29, 0.717) is 17.5 Å². The first kappa shape index (κ1) is 13.4. The van der Waals surface area contributed by atoms with Crippen LogP contribution in [0.25, 0.3) is 0 Å². The SMILES string of the molecule is CC1CCCC(C)N1NC(=O)C1CC12CCNCC2. The lowest BCUT2D eigenvalue weighted by molar-refractivity contribution is -0.131. The summed E-state index contributed by atoms with van der Waals surface area (Å²) in [6.45, 7) is 6.62. The first-order valence-corrected chi connectivity index (χ1v) is 7.92. The Morgan fingerprint density at radius 2 is 1.84 bits per heavy atom. The van der Waals surface area contributed by atoms with Crippen molar-refractivity contribution < 1.29 is 4.79 Å². The lowest BCUT2D eigenvalue weighted by atomic mass is 9.92. The number of carbonyl (C=O) groups excluding carboxylic acids is 1. The van der Waals surface area contributed by atoms with E-state index in [-0.39, 0.29) is 11.8 Å². The summed E-state index contributed by atoms with van der Waals surface area (Å²) in [7, 11) is 0. The second kappa shape index (κ2) is 5.06. The number of piperidine rings is 2. The van der Waals surface area contributed by atoms with Gasteiger partial charge in [0.05, 0.1) is 0 Å². The Balaban J connectivity index is 1.57. The van der Waals surface area contributed by atoms with E-state index in [4.69, 9.17) is 0 Å². The van der Waals surface area contributed by atoms with Crippen molar-refractivity contribution in [3.63, 3.8) is 0 Å². The fourth-order valence-corrected chi connectivity index (χ4v) is 4.04. The normalized spacial score (nSPS) is 38.1. The van der Waals surface area contributed by atoms with Crippen LogP contribution in [-0.4, -0.2) is 36.1 Å². The van der Waals surface area contributed by atoms with Crippen LogP contribution in [0.1, 0.15) is 52.4 Å². The molecule has 2 aliphatic heterocycles. The molecule has 2 heterocycles. The Labute approximate surface area is 116 Å². The molecule has 1 spiro atoms. The highest BCUT2D eigenvalue weighted by molar-refractivity contribution is 5.82. The first-order valence-electron chi connectivity index (χ1n) is 7.92. The van der Waals surface area contributed by atoms with Crippen LogP contribution in [-0.2, 0) is 4.79 Å². The van der Waals surface area contributed by atoms with E-state index in [1.54, 1.807) is 0 Å². The standard InChI is InChI=1S/C15H27N3O/c1-11-4-3-5-12(2)18(11)17-14(19)13-10-15(13)6-8-16-9-7-15/h11-13,16H,3-10H2,1-2H3,(H,17,19). The summed E-state index contributed by atoms with van der Waals surface area (Å²) >= 11 is 0. The Hall–Kier alpha value is -0.610. The third kappa shape index (κ3) is 2.52. The average Bonchev–Trinajstić information content (AvgIpc) is 3.08. The molecular weight excluding hydrogens is 238 g/mol. The molecule has 0 bridgehead atoms. The van der Waals surface area contributed by atoms with Crippen molar-refractivity contribution in [1.29, 1.82) is 0 Å². The van der Waals surface area contributed by atoms with E-state index in [0.717, 1.165) is 19.5 Å². The summed E-state index contributed by atoms with van der Waals surface area (Å²) in [5.41, 5.74) is 3.57. The molecule has 0 aromatic heterocycles. The molecule has 1 saturated carbocycles. The summed E-state index contributed by atoms with van der Waals surface area (Å²) < 4.78 is 0. The highest BCUT2D eigenvalue weighted by atomic mass is 16.2. The molecule has 19 heavy (non-hydrogen) atoms. The van der Waals surface area contributed by atoms with Crippen molar-refractivity contribution in [2.75, 3.05) is 13.1 Å². The van der Waals surface area contributed by atoms with Crippen molar-refractivity contribution in [1.82, 2.24) is 15.8 Å². The van der Waals surface area contributed by atoms with E-state index in [2.05, 4.69) is 29.6 Å². The summed E-state index contributed by atoms with van der Waals surface area (Å²) in [6.07, 6.45) is 7.14. The zero-order valence-electron chi connectivity index (χ0n) is 12.2. The fourth-order valence-electron chi connectivity index (χ4n) is 4.04. The number of amides is 1. The molecule has 1 amide bonds. The Kier molecular flexibility index (Phi) is 3.56. The molecule has 1 aliphatic carbocycles. The second-order valence-corrected chi connectivity index (χ2v) is 6.88. The second-order valence-electron chi connectivity index (χ2n) is 6.88. The van der Waals surface area contributed by atoms with Crippen molar-refractivity contribution in [2.45, 2.75) is 64.5 Å². The van der Waals surface area contributed by atoms with E-state index >= 15 is 0 Å². The number of hydrazine groups is 1. The summed E-state index contributed by atoms with van der Waals surface area (Å²) in [5, 5.41) is 5.60. The van der Waals surface area contributed by atoms with Gasteiger partial charge in [0.2, 0.25) is 5.91 Å². The number of hydrogen-bond donors (Lipinski definition) is 2. The molecule has 0 aromatic rings. The van der Waals surface area contributed by atoms with E-state index in [1.165, 1.54) is 32.1 Å². The monoisotopic (exact) mass is 265 g/mol. The van der Waals surface area contributed by atoms with Gasteiger partial charge >= 0.3 is 0 Å². The van der Waals surface area contributed by atoms with Crippen LogP contribution in [0.15, 0.2) is 0 Å². The Bertz CT molecular complexity index is 341. The minimum Gasteiger partial charge on any atom is -0.317 e. The van der Waals surface area contributed by atoms with Gasteiger partial charge in [-0.15, -0.1) is 0 Å². The highest BCUT2D eigenvalue weighted by Gasteiger charge is 2.58. The summed E-state index contributed by atoms with van der Waals surface area (Å²) in [4.78, 5) is 12.5. The predicted octanol–water partition coefficient (Wildman–Crippen LogP) is 1.67. The van der Waals surface area contributed by atoms with Crippen LogP contribution in [0, 0.1) is 11.3 Å². The third-order valence-corrected chi connectivity index (χ3v) is 5.54. The molecule has 4 nitrogen and oxygen atoms in total. The molecule has 4 heteroatoms. The van der Waals surface area contributed by atoms with Crippen LogP contribution in [0.5, 0.6) is 0 Å². The van der Waals surface area contributed by atoms with Crippen LogP contribution in [0.4, 0.5) is 0 Å². The Morgan fingerprint density at radius 3 is 2.47 bits per heavy atom. The van der Waals surface area contributed by atoms with Gasteiger partial charge in [0.15, 0.2) is 0 Å². The molecule has 3 unspecified atom stereocenters. The van der Waals surface area contributed by atoms with E-state index in [1.807, 2.05) is 0 Å². The quantitative estimate of drug-likeness (QED) is 0.798. The average molecular weight is 265 g/mol. The number of rotatable bonds is 2. The molecule has 2 saturated heterocycles. The maximum absolute atomic E-state index is 12.5. The largest absolute Gasteiger partial charge is 0.317 e. The predicted molar refractivity (Wildman–Crippen MR) is 75.4 cm³/mol. The first-order chi connectivity index (χ1) is 9.12. The number of carbonyl (C=O) groups is 1. The minimum atomic E-state index is 0.274. The highest BCUT2D eigenvalue weighted by Crippen LogP contribution is 2.58. The van der Waals surface area contributed by atoms with Gasteiger partial charge in [0.25, 0.3) is 0 Å². The topological polar surface area (TPSA) is 44.4 Å². The maximum Gasteiger partial charge on any atom is 0.237 e. The lowest BCUT2D eigenvalue weighted by Crippen LogP contribution is -2.54. The third-order valence-electron chi connectivity index (χ3n) is 5.54. The fraction of sp³-hybridized carbons (Fsp3) is 0.933. The van der Waals surface area contributed by atoms with Gasteiger partial charge in [-0.25, -0.2) is 5.01 Å². The van der Waals surface area contributed by atoms with Gasteiger partial charge in [-0.3, -0.25) is 10.2 Å². The van der Waals surface area contributed by atoms with Crippen molar-refractivity contribution in [3.05, 3.63) is 0 Å². The molecule has 0 aromatic carbocycles. The minimum absolute atomic E-state index is 0.274. The number of nitrogens with one attached hydrogen (secondary N) is 2. The van der Waals surface area contributed by atoms with Crippen LogP contribution in [0.3, 0.4) is 0 Å². The smallest absolute Gasteiger partial charge is 0.237 e. The van der Waals surface area contributed by atoms with Crippen LogP contribution in [0.2, 0.25) is 0 Å². The molecule has 3 rings (SSSR count). The van der Waals surface area contributed by atoms with Crippen molar-refractivity contribution in [2.24, 2.45) is 11.3 Å². The number of hydrogen-bond acceptors (Lipinski definition) is 3. The number of nitrogens with zero attached hydrogens (tertiary/aromatic N) is 1.